The van der Waals surface area contributed by atoms with E-state index in [-0.39, 0.29) is 5.91 Å². The van der Waals surface area contributed by atoms with E-state index in [0.717, 1.165) is 29.4 Å². The van der Waals surface area contributed by atoms with Crippen LogP contribution in [0.15, 0.2) is 11.2 Å². The summed E-state index contributed by atoms with van der Waals surface area (Å²) < 4.78 is 1.91. The van der Waals surface area contributed by atoms with E-state index in [4.69, 9.17) is 0 Å². The molecule has 2 unspecified atom stereocenters. The molecule has 0 saturated carbocycles. The summed E-state index contributed by atoms with van der Waals surface area (Å²) >= 11 is 1.44. The van der Waals surface area contributed by atoms with Gasteiger partial charge in [-0.05, 0) is 53.0 Å². The first-order valence-corrected chi connectivity index (χ1v) is 9.09. The molecule has 1 aliphatic heterocycles. The summed E-state index contributed by atoms with van der Waals surface area (Å²) in [5.74, 6) is 1.17. The molecule has 1 aliphatic rings. The van der Waals surface area contributed by atoms with Gasteiger partial charge < -0.3 is 4.90 Å². The Labute approximate surface area is 140 Å². The minimum absolute atomic E-state index is 0.184. The van der Waals surface area contributed by atoms with Gasteiger partial charge in [0.05, 0.1) is 5.75 Å². The highest BCUT2D eigenvalue weighted by Gasteiger charge is 2.29. The molecule has 3 rings (SSSR count). The summed E-state index contributed by atoms with van der Waals surface area (Å²) in [5.41, 5.74) is 1.96. The number of aromatic nitrogens is 4. The zero-order valence-corrected chi connectivity index (χ0v) is 14.9. The van der Waals surface area contributed by atoms with Crippen molar-refractivity contribution in [1.29, 1.82) is 0 Å². The number of fused-ring (bicyclic) bond motifs is 1. The van der Waals surface area contributed by atoms with Crippen LogP contribution in [0.1, 0.15) is 44.5 Å². The number of nitrogens with zero attached hydrogens (tertiary/aromatic N) is 5. The first kappa shape index (κ1) is 16.2. The third-order valence-corrected chi connectivity index (χ3v) is 5.38. The average Bonchev–Trinajstić information content (AvgIpc) is 2.88. The molecule has 0 aromatic carbocycles. The lowest BCUT2D eigenvalue weighted by atomic mass is 9.98. The van der Waals surface area contributed by atoms with E-state index in [1.54, 1.807) is 0 Å². The van der Waals surface area contributed by atoms with Crippen molar-refractivity contribution < 1.29 is 4.79 Å². The molecule has 0 aliphatic carbocycles. The average molecular weight is 333 g/mol. The van der Waals surface area contributed by atoms with Gasteiger partial charge in [0.25, 0.3) is 5.78 Å². The fraction of sp³-hybridized carbons (Fsp3) is 0.625. The van der Waals surface area contributed by atoms with Crippen LogP contribution in [0.5, 0.6) is 0 Å². The third kappa shape index (κ3) is 3.20. The van der Waals surface area contributed by atoms with Gasteiger partial charge in [0.2, 0.25) is 5.91 Å². The molecule has 1 amide bonds. The molecule has 1 fully saturated rings. The minimum atomic E-state index is 0.184. The topological polar surface area (TPSA) is 63.4 Å². The number of hydrogen-bond acceptors (Lipinski definition) is 5. The van der Waals surface area contributed by atoms with E-state index in [1.807, 2.05) is 29.2 Å². The summed E-state index contributed by atoms with van der Waals surface area (Å²) in [6, 6.07) is 2.65. The smallest absolute Gasteiger partial charge is 0.256 e. The third-order valence-electron chi connectivity index (χ3n) is 4.47. The normalized spacial score (nSPS) is 21.8. The monoisotopic (exact) mass is 333 g/mol. The maximum atomic E-state index is 12.6. The lowest BCUT2D eigenvalue weighted by molar-refractivity contribution is -0.134. The number of amides is 1. The molecular weight excluding hydrogens is 310 g/mol. The van der Waals surface area contributed by atoms with Crippen molar-refractivity contribution in [3.63, 3.8) is 0 Å². The second kappa shape index (κ2) is 6.47. The van der Waals surface area contributed by atoms with Crippen LogP contribution in [0, 0.1) is 13.8 Å². The standard InChI is InChI=1S/C16H23N5OS/c1-10-8-13(4)21-15(17-10)18-19-16(21)23-9-14(22)20-11(2)6-5-7-12(20)3/h8,11-12H,5-7,9H2,1-4H3. The summed E-state index contributed by atoms with van der Waals surface area (Å²) in [6.45, 7) is 8.23. The summed E-state index contributed by atoms with van der Waals surface area (Å²) in [6.07, 6.45) is 3.39. The fourth-order valence-corrected chi connectivity index (χ4v) is 4.26. The van der Waals surface area contributed by atoms with Gasteiger partial charge in [-0.25, -0.2) is 4.98 Å². The molecule has 0 spiro atoms. The maximum absolute atomic E-state index is 12.6. The molecule has 0 N–H and O–H groups in total. The summed E-state index contributed by atoms with van der Waals surface area (Å²) in [5, 5.41) is 9.04. The quantitative estimate of drug-likeness (QED) is 0.808. The molecule has 7 heteroatoms. The zero-order chi connectivity index (χ0) is 16.6. The zero-order valence-electron chi connectivity index (χ0n) is 14.1. The molecule has 2 aromatic rings. The number of carbonyl (C=O) groups is 1. The lowest BCUT2D eigenvalue weighted by Crippen LogP contribution is -2.48. The molecule has 1 saturated heterocycles. The highest BCUT2D eigenvalue weighted by atomic mass is 32.2. The van der Waals surface area contributed by atoms with Gasteiger partial charge in [-0.1, -0.05) is 11.8 Å². The summed E-state index contributed by atoms with van der Waals surface area (Å²) in [7, 11) is 0. The number of thioether (sulfide) groups is 1. The van der Waals surface area contributed by atoms with Crippen LogP contribution in [-0.2, 0) is 4.79 Å². The van der Waals surface area contributed by atoms with Gasteiger partial charge in [0.15, 0.2) is 5.16 Å². The second-order valence-corrected chi connectivity index (χ2v) is 7.32. The molecule has 6 nitrogen and oxygen atoms in total. The highest BCUT2D eigenvalue weighted by Crippen LogP contribution is 2.25. The van der Waals surface area contributed by atoms with E-state index in [0.29, 0.717) is 23.6 Å². The first-order valence-electron chi connectivity index (χ1n) is 8.10. The lowest BCUT2D eigenvalue weighted by Gasteiger charge is -2.39. The van der Waals surface area contributed by atoms with Gasteiger partial charge >= 0.3 is 0 Å². The number of piperidine rings is 1. The van der Waals surface area contributed by atoms with E-state index >= 15 is 0 Å². The van der Waals surface area contributed by atoms with E-state index < -0.39 is 0 Å². The van der Waals surface area contributed by atoms with E-state index in [9.17, 15) is 4.79 Å². The van der Waals surface area contributed by atoms with Crippen molar-refractivity contribution in [2.75, 3.05) is 5.75 Å². The first-order chi connectivity index (χ1) is 11.0. The van der Waals surface area contributed by atoms with E-state index in [2.05, 4.69) is 29.0 Å². The van der Waals surface area contributed by atoms with Crippen LogP contribution in [0.2, 0.25) is 0 Å². The molecule has 2 aromatic heterocycles. The van der Waals surface area contributed by atoms with Gasteiger partial charge in [-0.15, -0.1) is 10.2 Å². The number of likely N-dealkylation sites (tertiary alicyclic amines) is 1. The Balaban J connectivity index is 1.74. The Bertz CT molecular complexity index is 719. The highest BCUT2D eigenvalue weighted by molar-refractivity contribution is 7.99. The van der Waals surface area contributed by atoms with Gasteiger partial charge in [0, 0.05) is 23.5 Å². The minimum Gasteiger partial charge on any atom is -0.337 e. The molecule has 23 heavy (non-hydrogen) atoms. The molecule has 0 radical (unpaired) electrons. The van der Waals surface area contributed by atoms with Gasteiger partial charge in [-0.3, -0.25) is 9.20 Å². The van der Waals surface area contributed by atoms with Crippen molar-refractivity contribution in [3.8, 4) is 0 Å². The molecule has 3 heterocycles. The number of hydrogen-bond donors (Lipinski definition) is 0. The van der Waals surface area contributed by atoms with Crippen LogP contribution in [0.4, 0.5) is 0 Å². The van der Waals surface area contributed by atoms with Gasteiger partial charge in [-0.2, -0.15) is 0 Å². The molecular formula is C16H23N5OS. The SMILES string of the molecule is Cc1cc(C)n2c(SCC(=O)N3C(C)CCCC3C)nnc2n1. The van der Waals surface area contributed by atoms with Crippen LogP contribution in [-0.4, -0.2) is 48.2 Å². The predicted octanol–water partition coefficient (Wildman–Crippen LogP) is 2.62. The summed E-state index contributed by atoms with van der Waals surface area (Å²) in [4.78, 5) is 19.0. The Morgan fingerprint density at radius 3 is 2.65 bits per heavy atom. The molecule has 124 valence electrons. The van der Waals surface area contributed by atoms with Gasteiger partial charge in [0.1, 0.15) is 0 Å². The largest absolute Gasteiger partial charge is 0.337 e. The maximum Gasteiger partial charge on any atom is 0.256 e. The van der Waals surface area contributed by atoms with Crippen molar-refractivity contribution in [1.82, 2.24) is 24.5 Å². The Morgan fingerprint density at radius 1 is 1.26 bits per heavy atom. The Hall–Kier alpha value is -1.63. The predicted molar refractivity (Wildman–Crippen MR) is 90.6 cm³/mol. The number of aryl methyl sites for hydroxylation is 2. The molecule has 2 atom stereocenters. The van der Waals surface area contributed by atoms with Crippen LogP contribution < -0.4 is 0 Å². The van der Waals surface area contributed by atoms with Crippen LogP contribution in [0.3, 0.4) is 0 Å². The molecule has 0 bridgehead atoms. The second-order valence-electron chi connectivity index (χ2n) is 6.38. The van der Waals surface area contributed by atoms with Crippen molar-refractivity contribution >= 4 is 23.4 Å². The van der Waals surface area contributed by atoms with Crippen molar-refractivity contribution in [3.05, 3.63) is 17.5 Å². The Kier molecular flexibility index (Phi) is 4.57. The number of rotatable bonds is 3. The van der Waals surface area contributed by atoms with Crippen molar-refractivity contribution in [2.45, 2.75) is 64.2 Å². The number of carbonyl (C=O) groups excluding carboxylic acids is 1. The fourth-order valence-electron chi connectivity index (χ4n) is 3.41. The van der Waals surface area contributed by atoms with Crippen LogP contribution >= 0.6 is 11.8 Å². The van der Waals surface area contributed by atoms with Crippen LogP contribution in [0.25, 0.3) is 5.78 Å². The van der Waals surface area contributed by atoms with E-state index in [1.165, 1.54) is 18.2 Å². The van der Waals surface area contributed by atoms with Crippen molar-refractivity contribution in [2.24, 2.45) is 0 Å². The Morgan fingerprint density at radius 2 is 1.96 bits per heavy atom.